The molecule has 2 nitrogen and oxygen atoms in total. The lowest BCUT2D eigenvalue weighted by Gasteiger charge is -2.02. The highest BCUT2D eigenvalue weighted by atomic mass is 19.2. The van der Waals surface area contributed by atoms with Crippen LogP contribution < -0.4 is 0 Å². The molecule has 0 aliphatic heterocycles. The molecule has 0 radical (unpaired) electrons. The van der Waals surface area contributed by atoms with Crippen molar-refractivity contribution in [1.82, 2.24) is 0 Å². The summed E-state index contributed by atoms with van der Waals surface area (Å²) in [5, 5.41) is 8.07. The third-order valence-electron chi connectivity index (χ3n) is 1.65. The van der Waals surface area contributed by atoms with Gasteiger partial charge in [-0.05, 0) is 12.1 Å². The van der Waals surface area contributed by atoms with Gasteiger partial charge in [0.05, 0.1) is 5.56 Å². The van der Waals surface area contributed by atoms with Gasteiger partial charge in [0.15, 0.2) is 23.3 Å². The fourth-order valence-electron chi connectivity index (χ4n) is 0.908. The molecule has 0 spiro atoms. The van der Waals surface area contributed by atoms with Crippen LogP contribution in [-0.2, 0) is 4.79 Å². The van der Waals surface area contributed by atoms with E-state index < -0.39 is 40.6 Å². The van der Waals surface area contributed by atoms with Crippen LogP contribution in [0.15, 0.2) is 18.0 Å². The first-order valence-electron chi connectivity index (χ1n) is 3.78. The number of carboxylic acid groups (broad SMARTS) is 1. The summed E-state index contributed by atoms with van der Waals surface area (Å²) in [5.74, 6) is -12.3. The van der Waals surface area contributed by atoms with Gasteiger partial charge in [-0.25, -0.2) is 22.4 Å². The van der Waals surface area contributed by atoms with Gasteiger partial charge < -0.3 is 5.11 Å². The summed E-state index contributed by atoms with van der Waals surface area (Å²) in [6.07, 6.45) is 0. The molecule has 1 aromatic rings. The van der Waals surface area contributed by atoms with E-state index >= 15 is 0 Å². The minimum absolute atomic E-state index is 0.350. The molecule has 0 heterocycles. The van der Waals surface area contributed by atoms with E-state index in [2.05, 4.69) is 0 Å². The van der Waals surface area contributed by atoms with Crippen LogP contribution >= 0.6 is 0 Å². The highest BCUT2D eigenvalue weighted by Gasteiger charge is 2.22. The summed E-state index contributed by atoms with van der Waals surface area (Å²) in [4.78, 5) is 10.0. The first kappa shape index (κ1) is 12.2. The van der Waals surface area contributed by atoms with Gasteiger partial charge in [0.2, 0.25) is 5.83 Å². The number of carbonyl (C=O) groups is 1. The van der Waals surface area contributed by atoms with Crippen molar-refractivity contribution in [2.24, 2.45) is 0 Å². The maximum atomic E-state index is 12.9. The van der Waals surface area contributed by atoms with Gasteiger partial charge in [0, 0.05) is 0 Å². The lowest BCUT2D eigenvalue weighted by molar-refractivity contribution is -0.134. The summed E-state index contributed by atoms with van der Waals surface area (Å²) in [7, 11) is 0. The topological polar surface area (TPSA) is 37.3 Å². The van der Waals surface area contributed by atoms with Crippen molar-refractivity contribution in [2.75, 3.05) is 0 Å². The Balaban J connectivity index is 3.42. The molecule has 0 bridgehead atoms. The molecule has 0 fully saturated rings. The quantitative estimate of drug-likeness (QED) is 0.488. The predicted molar refractivity (Wildman–Crippen MR) is 43.1 cm³/mol. The normalized spacial score (nSPS) is 12.3. The zero-order valence-corrected chi connectivity index (χ0v) is 7.40. The Labute approximate surface area is 85.6 Å². The van der Waals surface area contributed by atoms with Gasteiger partial charge in [-0.3, -0.25) is 0 Å². The summed E-state index contributed by atoms with van der Waals surface area (Å²) in [6, 6.07) is 0.744. The number of carboxylic acids is 1. The van der Waals surface area contributed by atoms with E-state index in [9.17, 15) is 26.7 Å². The van der Waals surface area contributed by atoms with Crippen LogP contribution in [0.2, 0.25) is 0 Å². The van der Waals surface area contributed by atoms with Crippen LogP contribution in [0.25, 0.3) is 5.83 Å². The summed E-state index contributed by atoms with van der Waals surface area (Å²) < 4.78 is 63.4. The minimum atomic E-state index is -2.29. The SMILES string of the molecule is O=C(O)/C(F)=C(\F)c1ccc(F)c(F)c1F. The molecule has 16 heavy (non-hydrogen) atoms. The van der Waals surface area contributed by atoms with Crippen molar-refractivity contribution in [1.29, 1.82) is 0 Å². The standard InChI is InChI=1S/C9H3F5O2/c10-4-2-1-3(5(11)7(4)13)6(12)8(14)9(15)16/h1-2H,(H,15,16)/b8-6+. The van der Waals surface area contributed by atoms with Crippen LogP contribution in [0.4, 0.5) is 22.0 Å². The molecule has 1 rings (SSSR count). The molecule has 0 atom stereocenters. The number of aliphatic carboxylic acids is 1. The van der Waals surface area contributed by atoms with E-state index in [1.807, 2.05) is 0 Å². The smallest absolute Gasteiger partial charge is 0.367 e. The fourth-order valence-corrected chi connectivity index (χ4v) is 0.908. The van der Waals surface area contributed by atoms with Crippen LogP contribution in [0.3, 0.4) is 0 Å². The molecule has 0 saturated carbocycles. The number of rotatable bonds is 2. The van der Waals surface area contributed by atoms with Crippen molar-refractivity contribution >= 4 is 11.8 Å². The second kappa shape index (κ2) is 4.30. The van der Waals surface area contributed by atoms with Gasteiger partial charge in [-0.15, -0.1) is 0 Å². The van der Waals surface area contributed by atoms with Gasteiger partial charge >= 0.3 is 5.97 Å². The summed E-state index contributed by atoms with van der Waals surface area (Å²) in [5.41, 5.74) is -1.29. The molecule has 7 heteroatoms. The summed E-state index contributed by atoms with van der Waals surface area (Å²) >= 11 is 0. The number of hydrogen-bond acceptors (Lipinski definition) is 1. The first-order chi connectivity index (χ1) is 7.36. The molecule has 0 aromatic heterocycles. The second-order valence-electron chi connectivity index (χ2n) is 2.66. The monoisotopic (exact) mass is 238 g/mol. The first-order valence-corrected chi connectivity index (χ1v) is 3.78. The van der Waals surface area contributed by atoms with Crippen LogP contribution in [0.5, 0.6) is 0 Å². The molecule has 1 N–H and O–H groups in total. The minimum Gasteiger partial charge on any atom is -0.476 e. The number of benzene rings is 1. The number of hydrogen-bond donors (Lipinski definition) is 1. The third-order valence-corrected chi connectivity index (χ3v) is 1.65. The maximum absolute atomic E-state index is 12.9. The van der Waals surface area contributed by atoms with Crippen molar-refractivity contribution in [3.8, 4) is 0 Å². The van der Waals surface area contributed by atoms with Gasteiger partial charge in [0.25, 0.3) is 0 Å². The largest absolute Gasteiger partial charge is 0.476 e. The highest BCUT2D eigenvalue weighted by molar-refractivity contribution is 5.92. The van der Waals surface area contributed by atoms with Gasteiger partial charge in [-0.1, -0.05) is 0 Å². The number of halogens is 5. The second-order valence-corrected chi connectivity index (χ2v) is 2.66. The highest BCUT2D eigenvalue weighted by Crippen LogP contribution is 2.26. The fraction of sp³-hybridized carbons (Fsp3) is 0. The Hall–Kier alpha value is -1.92. The zero-order chi connectivity index (χ0) is 12.5. The zero-order valence-electron chi connectivity index (χ0n) is 7.40. The van der Waals surface area contributed by atoms with Gasteiger partial charge in [-0.2, -0.15) is 4.39 Å². The van der Waals surface area contributed by atoms with Crippen molar-refractivity contribution < 1.29 is 31.9 Å². The third kappa shape index (κ3) is 2.02. The Bertz CT molecular complexity index is 481. The molecule has 0 aliphatic rings. The summed E-state index contributed by atoms with van der Waals surface area (Å²) in [6.45, 7) is 0. The van der Waals surface area contributed by atoms with E-state index in [4.69, 9.17) is 5.11 Å². The molecule has 0 aliphatic carbocycles. The lowest BCUT2D eigenvalue weighted by atomic mass is 10.1. The van der Waals surface area contributed by atoms with E-state index in [0.717, 1.165) is 0 Å². The van der Waals surface area contributed by atoms with Crippen molar-refractivity contribution in [3.05, 3.63) is 41.0 Å². The molecule has 0 saturated heterocycles. The van der Waals surface area contributed by atoms with Gasteiger partial charge in [0.1, 0.15) is 0 Å². The van der Waals surface area contributed by atoms with E-state index in [0.29, 0.717) is 12.1 Å². The average Bonchev–Trinajstić information content (AvgIpc) is 2.24. The maximum Gasteiger partial charge on any atom is 0.367 e. The molecule has 1 aromatic carbocycles. The average molecular weight is 238 g/mol. The molecular weight excluding hydrogens is 235 g/mol. The molecule has 86 valence electrons. The van der Waals surface area contributed by atoms with E-state index in [1.165, 1.54) is 0 Å². The Morgan fingerprint density at radius 2 is 1.62 bits per heavy atom. The molecular formula is C9H3F5O2. The van der Waals surface area contributed by atoms with Crippen molar-refractivity contribution in [3.63, 3.8) is 0 Å². The van der Waals surface area contributed by atoms with E-state index in [1.54, 1.807) is 0 Å². The molecule has 0 amide bonds. The Morgan fingerprint density at radius 3 is 2.12 bits per heavy atom. The molecule has 0 unspecified atom stereocenters. The lowest BCUT2D eigenvalue weighted by Crippen LogP contribution is -2.01. The van der Waals surface area contributed by atoms with Crippen molar-refractivity contribution in [2.45, 2.75) is 0 Å². The van der Waals surface area contributed by atoms with Crippen LogP contribution in [-0.4, -0.2) is 11.1 Å². The van der Waals surface area contributed by atoms with Crippen LogP contribution in [0.1, 0.15) is 5.56 Å². The predicted octanol–water partition coefficient (Wildman–Crippen LogP) is 2.80. The van der Waals surface area contributed by atoms with Crippen LogP contribution in [0, 0.1) is 17.5 Å². The Kier molecular flexibility index (Phi) is 3.26. The Morgan fingerprint density at radius 1 is 1.06 bits per heavy atom. The van der Waals surface area contributed by atoms with E-state index in [-0.39, 0.29) is 0 Å².